The summed E-state index contributed by atoms with van der Waals surface area (Å²) in [5, 5.41) is 4.28. The predicted molar refractivity (Wildman–Crippen MR) is 72.1 cm³/mol. The molecule has 0 aliphatic heterocycles. The summed E-state index contributed by atoms with van der Waals surface area (Å²) >= 11 is 1.72. The molecule has 0 N–H and O–H groups in total. The molecule has 0 atom stereocenters. The Labute approximate surface area is 110 Å². The van der Waals surface area contributed by atoms with E-state index in [1.807, 2.05) is 0 Å². The maximum absolute atomic E-state index is 5.16. The SMILES string of the molecule is COc1ccnc(N(Cc2ccsc2)C2CC2)n1. The summed E-state index contributed by atoms with van der Waals surface area (Å²) in [7, 11) is 1.63. The first-order valence-corrected chi connectivity index (χ1v) is 6.96. The third-order valence-electron chi connectivity index (χ3n) is 3.00. The second kappa shape index (κ2) is 4.94. The van der Waals surface area contributed by atoms with Crippen molar-refractivity contribution in [3.05, 3.63) is 34.7 Å². The monoisotopic (exact) mass is 261 g/mol. The van der Waals surface area contributed by atoms with Crippen molar-refractivity contribution in [3.63, 3.8) is 0 Å². The van der Waals surface area contributed by atoms with Crippen LogP contribution in [0.5, 0.6) is 5.88 Å². The Morgan fingerprint density at radius 2 is 2.33 bits per heavy atom. The van der Waals surface area contributed by atoms with Crippen molar-refractivity contribution >= 4 is 17.3 Å². The predicted octanol–water partition coefficient (Wildman–Crippen LogP) is 2.72. The van der Waals surface area contributed by atoms with Crippen LogP contribution in [-0.2, 0) is 6.54 Å². The van der Waals surface area contributed by atoms with Gasteiger partial charge in [-0.3, -0.25) is 0 Å². The fourth-order valence-corrected chi connectivity index (χ4v) is 2.57. The number of aromatic nitrogens is 2. The van der Waals surface area contributed by atoms with Gasteiger partial charge in [-0.25, -0.2) is 4.98 Å². The first-order chi connectivity index (χ1) is 8.86. The van der Waals surface area contributed by atoms with Gasteiger partial charge in [0.2, 0.25) is 11.8 Å². The molecule has 0 unspecified atom stereocenters. The Morgan fingerprint density at radius 1 is 1.44 bits per heavy atom. The highest BCUT2D eigenvalue weighted by molar-refractivity contribution is 7.07. The molecule has 0 amide bonds. The maximum Gasteiger partial charge on any atom is 0.229 e. The van der Waals surface area contributed by atoms with Gasteiger partial charge >= 0.3 is 0 Å². The molecular weight excluding hydrogens is 246 g/mol. The minimum Gasteiger partial charge on any atom is -0.481 e. The fraction of sp³-hybridized carbons (Fsp3) is 0.385. The topological polar surface area (TPSA) is 38.2 Å². The van der Waals surface area contributed by atoms with Crippen LogP contribution in [0.4, 0.5) is 5.95 Å². The zero-order chi connectivity index (χ0) is 12.4. The average Bonchev–Trinajstić information content (AvgIpc) is 3.13. The summed E-state index contributed by atoms with van der Waals surface area (Å²) in [6.45, 7) is 0.876. The van der Waals surface area contributed by atoms with E-state index in [4.69, 9.17) is 4.74 Å². The molecule has 0 radical (unpaired) electrons. The number of nitrogens with zero attached hydrogens (tertiary/aromatic N) is 3. The van der Waals surface area contributed by atoms with Gasteiger partial charge in [0, 0.05) is 24.8 Å². The number of hydrogen-bond donors (Lipinski definition) is 0. The average molecular weight is 261 g/mol. The Kier molecular flexibility index (Phi) is 3.15. The summed E-state index contributed by atoms with van der Waals surface area (Å²) in [6, 6.07) is 4.51. The highest BCUT2D eigenvalue weighted by atomic mass is 32.1. The van der Waals surface area contributed by atoms with Gasteiger partial charge < -0.3 is 9.64 Å². The lowest BCUT2D eigenvalue weighted by atomic mass is 10.3. The molecule has 0 saturated heterocycles. The van der Waals surface area contributed by atoms with E-state index in [9.17, 15) is 0 Å². The molecule has 1 saturated carbocycles. The summed E-state index contributed by atoms with van der Waals surface area (Å²) in [5.41, 5.74) is 1.32. The second-order valence-electron chi connectivity index (χ2n) is 4.39. The van der Waals surface area contributed by atoms with Crippen molar-refractivity contribution in [2.24, 2.45) is 0 Å². The number of ether oxygens (including phenoxy) is 1. The van der Waals surface area contributed by atoms with Crippen LogP contribution in [0, 0.1) is 0 Å². The van der Waals surface area contributed by atoms with E-state index in [-0.39, 0.29) is 0 Å². The lowest BCUT2D eigenvalue weighted by molar-refractivity contribution is 0.396. The molecule has 4 nitrogen and oxygen atoms in total. The summed E-state index contributed by atoms with van der Waals surface area (Å²) in [5.74, 6) is 1.39. The van der Waals surface area contributed by atoms with Gasteiger partial charge in [-0.05, 0) is 35.2 Å². The van der Waals surface area contributed by atoms with E-state index in [1.54, 1.807) is 30.7 Å². The van der Waals surface area contributed by atoms with Gasteiger partial charge in [0.05, 0.1) is 7.11 Å². The summed E-state index contributed by atoms with van der Waals surface area (Å²) in [6.07, 6.45) is 4.21. The summed E-state index contributed by atoms with van der Waals surface area (Å²) < 4.78 is 5.16. The molecule has 0 spiro atoms. The van der Waals surface area contributed by atoms with Gasteiger partial charge in [-0.15, -0.1) is 0 Å². The van der Waals surface area contributed by atoms with Crippen molar-refractivity contribution in [2.75, 3.05) is 12.0 Å². The van der Waals surface area contributed by atoms with Gasteiger partial charge in [-0.1, -0.05) is 0 Å². The van der Waals surface area contributed by atoms with E-state index in [2.05, 4.69) is 31.7 Å². The van der Waals surface area contributed by atoms with E-state index in [1.165, 1.54) is 18.4 Å². The van der Waals surface area contributed by atoms with Crippen molar-refractivity contribution < 1.29 is 4.74 Å². The van der Waals surface area contributed by atoms with E-state index in [0.717, 1.165) is 12.5 Å². The van der Waals surface area contributed by atoms with Crippen molar-refractivity contribution in [3.8, 4) is 5.88 Å². The van der Waals surface area contributed by atoms with Crippen LogP contribution in [0.1, 0.15) is 18.4 Å². The van der Waals surface area contributed by atoms with Crippen LogP contribution in [0.2, 0.25) is 0 Å². The van der Waals surface area contributed by atoms with E-state index >= 15 is 0 Å². The van der Waals surface area contributed by atoms with Gasteiger partial charge in [-0.2, -0.15) is 16.3 Å². The molecule has 2 heterocycles. The Bertz CT molecular complexity index is 511. The molecule has 1 aliphatic carbocycles. The van der Waals surface area contributed by atoms with Gasteiger partial charge in [0.25, 0.3) is 0 Å². The standard InChI is InChI=1S/C13H15N3OS/c1-17-12-4-6-14-13(15-12)16(11-2-3-11)8-10-5-7-18-9-10/h4-7,9,11H,2-3,8H2,1H3. The van der Waals surface area contributed by atoms with Crippen molar-refractivity contribution in [1.29, 1.82) is 0 Å². The van der Waals surface area contributed by atoms with Crippen LogP contribution in [0.3, 0.4) is 0 Å². The minimum atomic E-state index is 0.581. The molecule has 94 valence electrons. The molecule has 2 aromatic rings. The third-order valence-corrected chi connectivity index (χ3v) is 3.74. The maximum atomic E-state index is 5.16. The van der Waals surface area contributed by atoms with Crippen LogP contribution >= 0.6 is 11.3 Å². The molecule has 0 aromatic carbocycles. The number of hydrogen-bond acceptors (Lipinski definition) is 5. The normalized spacial score (nSPS) is 14.5. The molecular formula is C13H15N3OS. The number of anilines is 1. The highest BCUT2D eigenvalue weighted by Gasteiger charge is 2.31. The first-order valence-electron chi connectivity index (χ1n) is 6.01. The largest absolute Gasteiger partial charge is 0.481 e. The Balaban J connectivity index is 1.84. The molecule has 3 rings (SSSR count). The minimum absolute atomic E-state index is 0.581. The van der Waals surface area contributed by atoms with Crippen LogP contribution in [-0.4, -0.2) is 23.1 Å². The lowest BCUT2D eigenvalue weighted by Gasteiger charge is -2.21. The molecule has 18 heavy (non-hydrogen) atoms. The molecule has 1 aliphatic rings. The number of methoxy groups -OCH3 is 1. The van der Waals surface area contributed by atoms with Crippen molar-refractivity contribution in [2.45, 2.75) is 25.4 Å². The van der Waals surface area contributed by atoms with Crippen LogP contribution in [0.15, 0.2) is 29.1 Å². The van der Waals surface area contributed by atoms with Crippen molar-refractivity contribution in [1.82, 2.24) is 9.97 Å². The molecule has 1 fully saturated rings. The molecule has 0 bridgehead atoms. The molecule has 5 heteroatoms. The number of rotatable bonds is 5. The van der Waals surface area contributed by atoms with E-state index < -0.39 is 0 Å². The zero-order valence-corrected chi connectivity index (χ0v) is 11.1. The first kappa shape index (κ1) is 11.5. The Morgan fingerprint density at radius 3 is 3.00 bits per heavy atom. The highest BCUT2D eigenvalue weighted by Crippen LogP contribution is 2.31. The second-order valence-corrected chi connectivity index (χ2v) is 5.17. The third kappa shape index (κ3) is 2.46. The zero-order valence-electron chi connectivity index (χ0n) is 10.2. The smallest absolute Gasteiger partial charge is 0.229 e. The fourth-order valence-electron chi connectivity index (χ4n) is 1.91. The van der Waals surface area contributed by atoms with Crippen LogP contribution in [0.25, 0.3) is 0 Å². The van der Waals surface area contributed by atoms with E-state index in [0.29, 0.717) is 11.9 Å². The van der Waals surface area contributed by atoms with Gasteiger partial charge in [0.1, 0.15) is 0 Å². The lowest BCUT2D eigenvalue weighted by Crippen LogP contribution is -2.26. The Hall–Kier alpha value is -1.62. The quantitative estimate of drug-likeness (QED) is 0.829. The number of thiophene rings is 1. The van der Waals surface area contributed by atoms with Crippen LogP contribution < -0.4 is 9.64 Å². The molecule has 2 aromatic heterocycles. The summed E-state index contributed by atoms with van der Waals surface area (Å²) in [4.78, 5) is 11.1. The van der Waals surface area contributed by atoms with Gasteiger partial charge in [0.15, 0.2) is 0 Å².